The number of carbonyl (C=O) groups is 2. The molecule has 0 atom stereocenters. The second-order valence-electron chi connectivity index (χ2n) is 4.84. The van der Waals surface area contributed by atoms with Crippen molar-refractivity contribution in [3.05, 3.63) is 17.7 Å². The lowest BCUT2D eigenvalue weighted by Crippen LogP contribution is -2.35. The Balaban J connectivity index is 2.85. The fraction of sp³-hybridized carbons (Fsp3) is 0.500. The van der Waals surface area contributed by atoms with Crippen molar-refractivity contribution in [1.29, 1.82) is 0 Å². The van der Waals surface area contributed by atoms with Crippen molar-refractivity contribution < 1.29 is 28.9 Å². The van der Waals surface area contributed by atoms with Gasteiger partial charge in [0.15, 0.2) is 11.5 Å². The van der Waals surface area contributed by atoms with E-state index in [2.05, 4.69) is 0 Å². The van der Waals surface area contributed by atoms with E-state index in [-0.39, 0.29) is 18.9 Å². The summed E-state index contributed by atoms with van der Waals surface area (Å²) < 4.78 is 15.8. The number of aryl methyl sites for hydroxylation is 1. The van der Waals surface area contributed by atoms with E-state index in [0.29, 0.717) is 30.2 Å². The molecule has 7 heteroatoms. The molecule has 0 aliphatic carbocycles. The second-order valence-corrected chi connectivity index (χ2v) is 4.84. The summed E-state index contributed by atoms with van der Waals surface area (Å²) in [6.07, 6.45) is 0.658. The number of amides is 1. The summed E-state index contributed by atoms with van der Waals surface area (Å²) in [5, 5.41) is 8.80. The first-order valence-electron chi connectivity index (χ1n) is 7.25. The van der Waals surface area contributed by atoms with Crippen molar-refractivity contribution in [1.82, 2.24) is 4.90 Å². The molecular weight excluding hydrogens is 302 g/mol. The summed E-state index contributed by atoms with van der Waals surface area (Å²) in [5.41, 5.74) is 0.847. The van der Waals surface area contributed by atoms with E-state index < -0.39 is 5.97 Å². The highest BCUT2D eigenvalue weighted by atomic mass is 16.5. The first kappa shape index (κ1) is 18.6. The Kier molecular flexibility index (Phi) is 7.18. The lowest BCUT2D eigenvalue weighted by atomic mass is 10.1. The standard InChI is InChI=1S/C16H23NO6/c1-5-17(10-15(19)20)14(18)7-6-11-8-12(21-2)16(23-4)13(9-11)22-3/h8-9H,5-7,10H2,1-4H3,(H,19,20). The summed E-state index contributed by atoms with van der Waals surface area (Å²) in [6.45, 7) is 1.82. The largest absolute Gasteiger partial charge is 0.493 e. The molecule has 1 amide bonds. The van der Waals surface area contributed by atoms with Gasteiger partial charge in [-0.2, -0.15) is 0 Å². The number of hydrogen-bond acceptors (Lipinski definition) is 5. The summed E-state index contributed by atoms with van der Waals surface area (Å²) in [6, 6.07) is 3.56. The number of methoxy groups -OCH3 is 3. The number of carboxylic acid groups (broad SMARTS) is 1. The van der Waals surface area contributed by atoms with Crippen LogP contribution in [0.25, 0.3) is 0 Å². The average Bonchev–Trinajstić information content (AvgIpc) is 2.55. The van der Waals surface area contributed by atoms with Crippen LogP contribution in [0.3, 0.4) is 0 Å². The highest BCUT2D eigenvalue weighted by molar-refractivity contribution is 5.81. The number of benzene rings is 1. The van der Waals surface area contributed by atoms with Gasteiger partial charge in [-0.15, -0.1) is 0 Å². The number of carboxylic acids is 1. The monoisotopic (exact) mass is 325 g/mol. The normalized spacial score (nSPS) is 10.1. The first-order chi connectivity index (χ1) is 11.0. The molecule has 0 saturated carbocycles. The molecule has 1 N–H and O–H groups in total. The summed E-state index contributed by atoms with van der Waals surface area (Å²) >= 11 is 0. The summed E-state index contributed by atoms with van der Waals surface area (Å²) in [7, 11) is 4.57. The third-order valence-corrected chi connectivity index (χ3v) is 3.41. The van der Waals surface area contributed by atoms with Crippen molar-refractivity contribution in [3.8, 4) is 17.2 Å². The van der Waals surface area contributed by atoms with Gasteiger partial charge in [0.25, 0.3) is 0 Å². The van der Waals surface area contributed by atoms with Crippen molar-refractivity contribution in [2.45, 2.75) is 19.8 Å². The van der Waals surface area contributed by atoms with Gasteiger partial charge in [0.2, 0.25) is 11.7 Å². The zero-order valence-corrected chi connectivity index (χ0v) is 13.9. The number of hydrogen-bond donors (Lipinski definition) is 1. The predicted octanol–water partition coefficient (Wildman–Crippen LogP) is 1.58. The molecule has 0 radical (unpaired) electrons. The van der Waals surface area contributed by atoms with Gasteiger partial charge < -0.3 is 24.2 Å². The van der Waals surface area contributed by atoms with Crippen molar-refractivity contribution in [2.24, 2.45) is 0 Å². The molecule has 0 heterocycles. The Hall–Kier alpha value is -2.44. The number of ether oxygens (including phenoxy) is 3. The zero-order chi connectivity index (χ0) is 17.4. The van der Waals surface area contributed by atoms with Crippen LogP contribution in [0, 0.1) is 0 Å². The summed E-state index contributed by atoms with van der Waals surface area (Å²) in [5.74, 6) is 0.308. The van der Waals surface area contributed by atoms with Gasteiger partial charge in [0.1, 0.15) is 6.54 Å². The minimum absolute atomic E-state index is 0.205. The molecule has 0 saturated heterocycles. The van der Waals surface area contributed by atoms with Crippen LogP contribution in [0.1, 0.15) is 18.9 Å². The number of likely N-dealkylation sites (N-methyl/N-ethyl adjacent to an activating group) is 1. The molecular formula is C16H23NO6. The Morgan fingerprint density at radius 2 is 1.65 bits per heavy atom. The maximum Gasteiger partial charge on any atom is 0.323 e. The van der Waals surface area contributed by atoms with Crippen LogP contribution in [0.15, 0.2) is 12.1 Å². The molecule has 1 aromatic rings. The quantitative estimate of drug-likeness (QED) is 0.742. The molecule has 0 aliphatic rings. The van der Waals surface area contributed by atoms with Gasteiger partial charge in [-0.1, -0.05) is 0 Å². The van der Waals surface area contributed by atoms with Crippen molar-refractivity contribution in [2.75, 3.05) is 34.4 Å². The number of aliphatic carboxylic acids is 1. The maximum atomic E-state index is 12.1. The highest BCUT2D eigenvalue weighted by Crippen LogP contribution is 2.38. The first-order valence-corrected chi connectivity index (χ1v) is 7.25. The fourth-order valence-electron chi connectivity index (χ4n) is 2.23. The zero-order valence-electron chi connectivity index (χ0n) is 13.9. The van der Waals surface area contributed by atoms with Crippen molar-refractivity contribution in [3.63, 3.8) is 0 Å². The SMILES string of the molecule is CCN(CC(=O)O)C(=O)CCc1cc(OC)c(OC)c(OC)c1. The van der Waals surface area contributed by atoms with Crippen LogP contribution >= 0.6 is 0 Å². The molecule has 0 aliphatic heterocycles. The maximum absolute atomic E-state index is 12.1. The smallest absolute Gasteiger partial charge is 0.323 e. The van der Waals surface area contributed by atoms with Crippen LogP contribution in [0.4, 0.5) is 0 Å². The van der Waals surface area contributed by atoms with E-state index in [1.807, 2.05) is 0 Å². The lowest BCUT2D eigenvalue weighted by Gasteiger charge is -2.19. The number of nitrogens with zero attached hydrogens (tertiary/aromatic N) is 1. The molecule has 0 spiro atoms. The molecule has 7 nitrogen and oxygen atoms in total. The highest BCUT2D eigenvalue weighted by Gasteiger charge is 2.17. The van der Waals surface area contributed by atoms with E-state index in [0.717, 1.165) is 5.56 Å². The van der Waals surface area contributed by atoms with E-state index in [4.69, 9.17) is 19.3 Å². The Morgan fingerprint density at radius 3 is 2.04 bits per heavy atom. The van der Waals surface area contributed by atoms with Crippen LogP contribution in [0.5, 0.6) is 17.2 Å². The van der Waals surface area contributed by atoms with Crippen LogP contribution < -0.4 is 14.2 Å². The molecule has 1 aromatic carbocycles. The molecule has 128 valence electrons. The topological polar surface area (TPSA) is 85.3 Å². The predicted molar refractivity (Wildman–Crippen MR) is 84.3 cm³/mol. The van der Waals surface area contributed by atoms with Gasteiger partial charge in [-0.25, -0.2) is 0 Å². The van der Waals surface area contributed by atoms with Crippen LogP contribution in [0.2, 0.25) is 0 Å². The molecule has 0 fully saturated rings. The van der Waals surface area contributed by atoms with Gasteiger partial charge in [0.05, 0.1) is 21.3 Å². The van der Waals surface area contributed by atoms with Gasteiger partial charge in [-0.05, 0) is 31.0 Å². The second kappa shape index (κ2) is 8.87. The minimum atomic E-state index is -1.02. The van der Waals surface area contributed by atoms with Gasteiger partial charge in [-0.3, -0.25) is 9.59 Å². The fourth-order valence-corrected chi connectivity index (χ4v) is 2.23. The lowest BCUT2D eigenvalue weighted by molar-refractivity contribution is -0.144. The number of rotatable bonds is 9. The molecule has 23 heavy (non-hydrogen) atoms. The Bertz CT molecular complexity index is 532. The Morgan fingerprint density at radius 1 is 1.09 bits per heavy atom. The summed E-state index contributed by atoms with van der Waals surface area (Å²) in [4.78, 5) is 24.1. The van der Waals surface area contributed by atoms with Crippen LogP contribution in [-0.4, -0.2) is 56.3 Å². The molecule has 1 rings (SSSR count). The minimum Gasteiger partial charge on any atom is -0.493 e. The van der Waals surface area contributed by atoms with E-state index >= 15 is 0 Å². The third-order valence-electron chi connectivity index (χ3n) is 3.41. The molecule has 0 aromatic heterocycles. The van der Waals surface area contributed by atoms with Crippen molar-refractivity contribution >= 4 is 11.9 Å². The Labute approximate surface area is 135 Å². The average molecular weight is 325 g/mol. The van der Waals surface area contributed by atoms with E-state index in [9.17, 15) is 9.59 Å². The number of carbonyl (C=O) groups excluding carboxylic acids is 1. The van der Waals surface area contributed by atoms with E-state index in [1.165, 1.54) is 26.2 Å². The van der Waals surface area contributed by atoms with E-state index in [1.54, 1.807) is 19.1 Å². The third kappa shape index (κ3) is 5.05. The van der Waals surface area contributed by atoms with Crippen LogP contribution in [-0.2, 0) is 16.0 Å². The molecule has 0 bridgehead atoms. The van der Waals surface area contributed by atoms with Gasteiger partial charge >= 0.3 is 5.97 Å². The molecule has 0 unspecified atom stereocenters. The van der Waals surface area contributed by atoms with Gasteiger partial charge in [0, 0.05) is 13.0 Å².